The molecule has 0 heterocycles. The molecule has 0 fully saturated rings. The fourth-order valence-corrected chi connectivity index (χ4v) is 2.33. The molecule has 0 atom stereocenters. The maximum absolute atomic E-state index is 5.55. The van der Waals surface area contributed by atoms with Gasteiger partial charge in [0.1, 0.15) is 0 Å². The standard InChI is InChI=1S/C21H44O7/c1-3-4-5-6-7-8-9-23-12-13-25-16-17-27-20-21-28-19-18-26-15-14-24-11-10-22-2/h3-21H2,1-2H3. The minimum absolute atomic E-state index is 0.563. The summed E-state index contributed by atoms with van der Waals surface area (Å²) >= 11 is 0. The lowest BCUT2D eigenvalue weighted by atomic mass is 10.1. The molecule has 7 nitrogen and oxygen atoms in total. The summed E-state index contributed by atoms with van der Waals surface area (Å²) in [7, 11) is 1.65. The Kier molecular flexibility index (Phi) is 26.5. The van der Waals surface area contributed by atoms with Gasteiger partial charge in [0.25, 0.3) is 0 Å². The van der Waals surface area contributed by atoms with Crippen LogP contribution in [0.1, 0.15) is 45.4 Å². The molecule has 0 saturated heterocycles. The molecular formula is C21H44O7. The average molecular weight is 409 g/mol. The Morgan fingerprint density at radius 1 is 0.357 bits per heavy atom. The number of hydrogen-bond acceptors (Lipinski definition) is 7. The summed E-state index contributed by atoms with van der Waals surface area (Å²) in [4.78, 5) is 0. The van der Waals surface area contributed by atoms with E-state index in [9.17, 15) is 0 Å². The Morgan fingerprint density at radius 2 is 0.679 bits per heavy atom. The summed E-state index contributed by atoms with van der Waals surface area (Å²) in [6.07, 6.45) is 7.75. The summed E-state index contributed by atoms with van der Waals surface area (Å²) in [6.45, 7) is 10.2. The zero-order chi connectivity index (χ0) is 20.4. The molecule has 7 heteroatoms. The van der Waals surface area contributed by atoms with Gasteiger partial charge in [-0.15, -0.1) is 0 Å². The van der Waals surface area contributed by atoms with Gasteiger partial charge in [0.15, 0.2) is 0 Å². The number of ether oxygens (including phenoxy) is 7. The van der Waals surface area contributed by atoms with Crippen molar-refractivity contribution >= 4 is 0 Å². The monoisotopic (exact) mass is 408 g/mol. The van der Waals surface area contributed by atoms with Gasteiger partial charge in [0.05, 0.1) is 79.3 Å². The van der Waals surface area contributed by atoms with Gasteiger partial charge in [0, 0.05) is 13.7 Å². The van der Waals surface area contributed by atoms with Crippen molar-refractivity contribution in [1.29, 1.82) is 0 Å². The molecule has 170 valence electrons. The van der Waals surface area contributed by atoms with Crippen LogP contribution in [0.15, 0.2) is 0 Å². The van der Waals surface area contributed by atoms with E-state index in [1.54, 1.807) is 7.11 Å². The summed E-state index contributed by atoms with van der Waals surface area (Å²) in [5.74, 6) is 0. The van der Waals surface area contributed by atoms with E-state index >= 15 is 0 Å². The predicted molar refractivity (Wildman–Crippen MR) is 110 cm³/mol. The highest BCUT2D eigenvalue weighted by Gasteiger charge is 1.95. The quantitative estimate of drug-likeness (QED) is 0.215. The van der Waals surface area contributed by atoms with Gasteiger partial charge in [0.2, 0.25) is 0 Å². The number of methoxy groups -OCH3 is 1. The van der Waals surface area contributed by atoms with Crippen molar-refractivity contribution in [2.24, 2.45) is 0 Å². The molecule has 0 bridgehead atoms. The molecule has 0 rings (SSSR count). The average Bonchev–Trinajstić information content (AvgIpc) is 2.71. The van der Waals surface area contributed by atoms with Crippen LogP contribution in [0, 0.1) is 0 Å². The van der Waals surface area contributed by atoms with Gasteiger partial charge in [-0.2, -0.15) is 0 Å². The molecule has 0 spiro atoms. The molecule has 0 aromatic rings. The SMILES string of the molecule is CCCCCCCCOCCOCCOCCOCCOCCOCCOC. The van der Waals surface area contributed by atoms with Gasteiger partial charge in [-0.25, -0.2) is 0 Å². The van der Waals surface area contributed by atoms with Gasteiger partial charge >= 0.3 is 0 Å². The van der Waals surface area contributed by atoms with Gasteiger partial charge in [-0.1, -0.05) is 39.0 Å². The minimum Gasteiger partial charge on any atom is -0.382 e. The highest BCUT2D eigenvalue weighted by atomic mass is 16.6. The zero-order valence-electron chi connectivity index (χ0n) is 18.3. The van der Waals surface area contributed by atoms with Crippen LogP contribution in [-0.4, -0.2) is 93.0 Å². The molecule has 0 aliphatic carbocycles. The molecule has 0 saturated carbocycles. The number of hydrogen-bond donors (Lipinski definition) is 0. The van der Waals surface area contributed by atoms with Crippen LogP contribution in [0.2, 0.25) is 0 Å². The van der Waals surface area contributed by atoms with E-state index in [1.165, 1.54) is 32.1 Å². The lowest BCUT2D eigenvalue weighted by Gasteiger charge is -2.08. The van der Waals surface area contributed by atoms with Crippen molar-refractivity contribution in [2.75, 3.05) is 93.0 Å². The molecule has 0 amide bonds. The third-order valence-electron chi connectivity index (χ3n) is 3.93. The van der Waals surface area contributed by atoms with E-state index in [4.69, 9.17) is 33.2 Å². The first-order valence-corrected chi connectivity index (χ1v) is 10.9. The number of unbranched alkanes of at least 4 members (excludes halogenated alkanes) is 5. The lowest BCUT2D eigenvalue weighted by Crippen LogP contribution is -2.14. The van der Waals surface area contributed by atoms with Gasteiger partial charge in [-0.3, -0.25) is 0 Å². The van der Waals surface area contributed by atoms with Crippen LogP contribution in [0.3, 0.4) is 0 Å². The molecule has 0 radical (unpaired) electrons. The maximum atomic E-state index is 5.55. The molecule has 0 N–H and O–H groups in total. The zero-order valence-corrected chi connectivity index (χ0v) is 18.3. The van der Waals surface area contributed by atoms with Crippen LogP contribution in [0.5, 0.6) is 0 Å². The van der Waals surface area contributed by atoms with Crippen LogP contribution >= 0.6 is 0 Å². The molecule has 28 heavy (non-hydrogen) atoms. The Morgan fingerprint density at radius 3 is 1.07 bits per heavy atom. The molecule has 0 aliphatic rings. The smallest absolute Gasteiger partial charge is 0.0701 e. The van der Waals surface area contributed by atoms with E-state index in [0.717, 1.165) is 13.0 Å². The van der Waals surface area contributed by atoms with Crippen molar-refractivity contribution in [3.8, 4) is 0 Å². The highest BCUT2D eigenvalue weighted by Crippen LogP contribution is 2.04. The van der Waals surface area contributed by atoms with E-state index in [-0.39, 0.29) is 0 Å². The summed E-state index contributed by atoms with van der Waals surface area (Å²) in [5.41, 5.74) is 0. The summed E-state index contributed by atoms with van der Waals surface area (Å²) < 4.78 is 37.4. The topological polar surface area (TPSA) is 64.6 Å². The number of rotatable bonds is 25. The molecule has 0 aromatic carbocycles. The Balaban J connectivity index is 2.96. The Hall–Kier alpha value is -0.280. The third kappa shape index (κ3) is 25.7. The fourth-order valence-electron chi connectivity index (χ4n) is 2.33. The fraction of sp³-hybridized carbons (Fsp3) is 1.00. The van der Waals surface area contributed by atoms with E-state index in [0.29, 0.717) is 79.3 Å². The summed E-state index contributed by atoms with van der Waals surface area (Å²) in [6, 6.07) is 0. The van der Waals surface area contributed by atoms with Gasteiger partial charge in [-0.05, 0) is 6.42 Å². The van der Waals surface area contributed by atoms with Crippen LogP contribution in [-0.2, 0) is 33.2 Å². The minimum atomic E-state index is 0.563. The lowest BCUT2D eigenvalue weighted by molar-refractivity contribution is -0.0191. The third-order valence-corrected chi connectivity index (χ3v) is 3.93. The van der Waals surface area contributed by atoms with Gasteiger partial charge < -0.3 is 33.2 Å². The maximum Gasteiger partial charge on any atom is 0.0701 e. The first kappa shape index (κ1) is 27.7. The van der Waals surface area contributed by atoms with Crippen molar-refractivity contribution in [3.05, 3.63) is 0 Å². The Labute approximate surface area is 172 Å². The second-order valence-corrected chi connectivity index (χ2v) is 6.43. The van der Waals surface area contributed by atoms with Crippen molar-refractivity contribution < 1.29 is 33.2 Å². The van der Waals surface area contributed by atoms with Crippen molar-refractivity contribution in [1.82, 2.24) is 0 Å². The molecular weight excluding hydrogens is 364 g/mol. The predicted octanol–water partition coefficient (Wildman–Crippen LogP) is 3.09. The van der Waals surface area contributed by atoms with Crippen molar-refractivity contribution in [2.45, 2.75) is 45.4 Å². The second kappa shape index (κ2) is 26.7. The summed E-state index contributed by atoms with van der Waals surface area (Å²) in [5, 5.41) is 0. The first-order chi connectivity index (χ1) is 13.9. The van der Waals surface area contributed by atoms with Crippen molar-refractivity contribution in [3.63, 3.8) is 0 Å². The Bertz CT molecular complexity index is 241. The molecule has 0 unspecified atom stereocenters. The normalized spacial score (nSPS) is 11.4. The molecule has 0 aliphatic heterocycles. The second-order valence-electron chi connectivity index (χ2n) is 6.43. The van der Waals surface area contributed by atoms with E-state index in [2.05, 4.69) is 6.92 Å². The first-order valence-electron chi connectivity index (χ1n) is 10.9. The van der Waals surface area contributed by atoms with Crippen LogP contribution in [0.4, 0.5) is 0 Å². The van der Waals surface area contributed by atoms with Crippen LogP contribution < -0.4 is 0 Å². The molecule has 0 aromatic heterocycles. The van der Waals surface area contributed by atoms with E-state index < -0.39 is 0 Å². The van der Waals surface area contributed by atoms with E-state index in [1.807, 2.05) is 0 Å². The highest BCUT2D eigenvalue weighted by molar-refractivity contribution is 4.43. The van der Waals surface area contributed by atoms with Crippen LogP contribution in [0.25, 0.3) is 0 Å². The largest absolute Gasteiger partial charge is 0.382 e.